The smallest absolute Gasteiger partial charge is 0.310 e. The molecule has 0 atom stereocenters. The minimum Gasteiger partial charge on any atom is -0.464 e. The van der Waals surface area contributed by atoms with E-state index in [0.717, 1.165) is 28.7 Å². The average molecular weight is 390 g/mol. The van der Waals surface area contributed by atoms with Gasteiger partial charge in [-0.3, -0.25) is 9.59 Å². The Morgan fingerprint density at radius 3 is 1.72 bits per heavy atom. The quantitative estimate of drug-likeness (QED) is 0.353. The maximum Gasteiger partial charge on any atom is 0.310 e. The highest BCUT2D eigenvalue weighted by Crippen LogP contribution is 2.13. The Hall–Kier alpha value is -3.64. The van der Waals surface area contributed by atoms with Crippen molar-refractivity contribution in [2.24, 2.45) is 0 Å². The molecule has 0 bridgehead atoms. The Kier molecular flexibility index (Phi) is 8.92. The molecule has 0 spiro atoms. The van der Waals surface area contributed by atoms with Gasteiger partial charge in [-0.05, 0) is 28.7 Å². The van der Waals surface area contributed by atoms with Gasteiger partial charge >= 0.3 is 11.9 Å². The van der Waals surface area contributed by atoms with Gasteiger partial charge in [0.05, 0.1) is 25.3 Å². The Labute approximate surface area is 170 Å². The lowest BCUT2D eigenvalue weighted by Gasteiger charge is -2.06. The second kappa shape index (κ2) is 11.9. The molecule has 0 aliphatic carbocycles. The lowest BCUT2D eigenvalue weighted by atomic mass is 10.0. The molecule has 2 rings (SSSR count). The van der Waals surface area contributed by atoms with Crippen LogP contribution in [0.5, 0.6) is 0 Å². The van der Waals surface area contributed by atoms with Crippen molar-refractivity contribution in [2.45, 2.75) is 25.7 Å². The summed E-state index contributed by atoms with van der Waals surface area (Å²) in [7, 11) is 0. The van der Waals surface area contributed by atoms with E-state index in [1.165, 1.54) is 0 Å². The zero-order valence-electron chi connectivity index (χ0n) is 16.1. The van der Waals surface area contributed by atoms with E-state index in [-0.39, 0.29) is 51.0 Å². The number of carbonyl (C=O) groups is 2. The highest BCUT2D eigenvalue weighted by Gasteiger charge is 2.07. The standard InChI is InChI=1S/C23H22N2O4/c1-25-12-14-29-23(27)17-21-9-5-19(6-10-21)15-18-3-7-20(8-4-18)16-22(26)28-13-2-11-24/h3-10H,2,12-17H2. The van der Waals surface area contributed by atoms with E-state index in [0.29, 0.717) is 0 Å². The fourth-order valence-electron chi connectivity index (χ4n) is 2.64. The molecule has 0 heterocycles. The second-order valence-corrected chi connectivity index (χ2v) is 6.39. The van der Waals surface area contributed by atoms with Crippen molar-refractivity contribution in [2.75, 3.05) is 19.8 Å². The highest BCUT2D eigenvalue weighted by molar-refractivity contribution is 5.73. The molecule has 148 valence electrons. The van der Waals surface area contributed by atoms with Gasteiger partial charge < -0.3 is 14.3 Å². The number of nitrogens with zero attached hydrogens (tertiary/aromatic N) is 2. The topological polar surface area (TPSA) is 80.8 Å². The highest BCUT2D eigenvalue weighted by atomic mass is 16.5. The van der Waals surface area contributed by atoms with Crippen LogP contribution >= 0.6 is 0 Å². The third-order valence-corrected chi connectivity index (χ3v) is 4.09. The zero-order chi connectivity index (χ0) is 20.9. The first-order valence-corrected chi connectivity index (χ1v) is 9.27. The number of benzene rings is 2. The molecule has 29 heavy (non-hydrogen) atoms. The van der Waals surface area contributed by atoms with Crippen LogP contribution in [-0.2, 0) is 38.3 Å². The Balaban J connectivity index is 1.82. The molecular formula is C23H22N2O4. The van der Waals surface area contributed by atoms with E-state index in [1.54, 1.807) is 0 Å². The van der Waals surface area contributed by atoms with Gasteiger partial charge in [-0.2, -0.15) is 5.26 Å². The molecule has 0 aromatic heterocycles. The summed E-state index contributed by atoms with van der Waals surface area (Å²) in [6, 6.07) is 17.4. The van der Waals surface area contributed by atoms with Gasteiger partial charge in [0.15, 0.2) is 6.61 Å². The molecule has 0 amide bonds. The van der Waals surface area contributed by atoms with Crippen molar-refractivity contribution >= 4 is 11.9 Å². The minimum absolute atomic E-state index is 0.127. The molecule has 2 aromatic carbocycles. The summed E-state index contributed by atoms with van der Waals surface area (Å²) in [5.41, 5.74) is 3.95. The second-order valence-electron chi connectivity index (χ2n) is 6.39. The van der Waals surface area contributed by atoms with E-state index < -0.39 is 0 Å². The normalized spacial score (nSPS) is 9.86. The van der Waals surface area contributed by atoms with Crippen LogP contribution in [0.1, 0.15) is 28.7 Å². The molecule has 6 nitrogen and oxygen atoms in total. The summed E-state index contributed by atoms with van der Waals surface area (Å²) >= 11 is 0. The first-order chi connectivity index (χ1) is 14.1. The summed E-state index contributed by atoms with van der Waals surface area (Å²) in [5, 5.41) is 8.44. The average Bonchev–Trinajstić information content (AvgIpc) is 2.71. The van der Waals surface area contributed by atoms with E-state index >= 15 is 0 Å². The van der Waals surface area contributed by atoms with Gasteiger partial charge in [-0.25, -0.2) is 6.57 Å². The third kappa shape index (κ3) is 8.28. The molecule has 0 fully saturated rings. The van der Waals surface area contributed by atoms with Crippen LogP contribution in [-0.4, -0.2) is 31.7 Å². The van der Waals surface area contributed by atoms with E-state index in [2.05, 4.69) is 4.85 Å². The maximum atomic E-state index is 11.7. The van der Waals surface area contributed by atoms with Crippen LogP contribution in [0, 0.1) is 17.9 Å². The van der Waals surface area contributed by atoms with Gasteiger partial charge in [0.25, 0.3) is 0 Å². The molecular weight excluding hydrogens is 368 g/mol. The SMILES string of the molecule is [C-]#[N+]CCOC(=O)Cc1ccc(Cc2ccc(CC(=O)OCCC#N)cc2)cc1. The molecule has 0 unspecified atom stereocenters. The fraction of sp³-hybridized carbons (Fsp3) is 0.304. The molecule has 0 aliphatic heterocycles. The van der Waals surface area contributed by atoms with Crippen LogP contribution in [0.2, 0.25) is 0 Å². The van der Waals surface area contributed by atoms with E-state index in [9.17, 15) is 9.59 Å². The first-order valence-electron chi connectivity index (χ1n) is 9.27. The number of ether oxygens (including phenoxy) is 2. The Morgan fingerprint density at radius 1 is 0.828 bits per heavy atom. The number of hydrogen-bond donors (Lipinski definition) is 0. The molecule has 2 aromatic rings. The largest absolute Gasteiger partial charge is 0.464 e. The van der Waals surface area contributed by atoms with Gasteiger partial charge in [-0.1, -0.05) is 48.5 Å². The van der Waals surface area contributed by atoms with Crippen molar-refractivity contribution < 1.29 is 19.1 Å². The molecule has 0 N–H and O–H groups in total. The van der Waals surface area contributed by atoms with Crippen molar-refractivity contribution in [3.8, 4) is 6.07 Å². The van der Waals surface area contributed by atoms with Crippen LogP contribution in [0.4, 0.5) is 0 Å². The number of esters is 2. The zero-order valence-corrected chi connectivity index (χ0v) is 16.1. The van der Waals surface area contributed by atoms with Gasteiger partial charge in [-0.15, -0.1) is 0 Å². The van der Waals surface area contributed by atoms with Crippen molar-refractivity contribution in [1.29, 1.82) is 5.26 Å². The molecule has 0 saturated carbocycles. The number of carbonyl (C=O) groups excluding carboxylic acids is 2. The Morgan fingerprint density at radius 2 is 1.28 bits per heavy atom. The Bertz CT molecular complexity index is 815. The van der Waals surface area contributed by atoms with Crippen molar-refractivity contribution in [1.82, 2.24) is 0 Å². The predicted molar refractivity (Wildman–Crippen MR) is 107 cm³/mol. The van der Waals surface area contributed by atoms with E-state index in [1.807, 2.05) is 54.6 Å². The minimum atomic E-state index is -0.337. The third-order valence-electron chi connectivity index (χ3n) is 4.09. The number of nitriles is 1. The molecule has 0 radical (unpaired) electrons. The molecule has 0 aliphatic rings. The van der Waals surface area contributed by atoms with Gasteiger partial charge in [0.1, 0.15) is 6.61 Å². The van der Waals surface area contributed by atoms with Crippen molar-refractivity contribution in [3.05, 3.63) is 82.2 Å². The molecule has 0 saturated heterocycles. The molecule has 6 heteroatoms. The van der Waals surface area contributed by atoms with Crippen LogP contribution < -0.4 is 0 Å². The lowest BCUT2D eigenvalue weighted by molar-refractivity contribution is -0.143. The fourth-order valence-corrected chi connectivity index (χ4v) is 2.64. The van der Waals surface area contributed by atoms with Crippen molar-refractivity contribution in [3.63, 3.8) is 0 Å². The van der Waals surface area contributed by atoms with Crippen LogP contribution in [0.3, 0.4) is 0 Å². The lowest BCUT2D eigenvalue weighted by Crippen LogP contribution is -2.10. The van der Waals surface area contributed by atoms with E-state index in [4.69, 9.17) is 21.3 Å². The van der Waals surface area contributed by atoms with Gasteiger partial charge in [0, 0.05) is 0 Å². The van der Waals surface area contributed by atoms with Crippen LogP contribution in [0.15, 0.2) is 48.5 Å². The number of rotatable bonds is 10. The summed E-state index contributed by atoms with van der Waals surface area (Å²) in [5.74, 6) is -0.667. The van der Waals surface area contributed by atoms with Crippen LogP contribution in [0.25, 0.3) is 4.85 Å². The summed E-state index contributed by atoms with van der Waals surface area (Å²) in [4.78, 5) is 26.5. The van der Waals surface area contributed by atoms with Gasteiger partial charge in [0.2, 0.25) is 6.54 Å². The monoisotopic (exact) mass is 390 g/mol. The maximum absolute atomic E-state index is 11.7. The first kappa shape index (κ1) is 21.7. The predicted octanol–water partition coefficient (Wildman–Crippen LogP) is 3.28. The number of hydrogen-bond acceptors (Lipinski definition) is 5. The summed E-state index contributed by atoms with van der Waals surface area (Å²) in [6.07, 6.45) is 1.32. The summed E-state index contributed by atoms with van der Waals surface area (Å²) in [6.45, 7) is 7.11. The summed E-state index contributed by atoms with van der Waals surface area (Å²) < 4.78 is 9.95.